The van der Waals surface area contributed by atoms with Crippen molar-refractivity contribution >= 4 is 33.1 Å². The molecule has 0 saturated heterocycles. The molecular weight excluding hydrogens is 423 g/mol. The summed E-state index contributed by atoms with van der Waals surface area (Å²) in [5.41, 5.74) is 0.969. The van der Waals surface area contributed by atoms with E-state index in [9.17, 15) is 0 Å². The van der Waals surface area contributed by atoms with Crippen molar-refractivity contribution < 1.29 is 9.47 Å². The van der Waals surface area contributed by atoms with Gasteiger partial charge in [0.15, 0.2) is 0 Å². The van der Waals surface area contributed by atoms with Crippen molar-refractivity contribution in [3.05, 3.63) is 115 Å². The average molecular weight is 449 g/mol. The van der Waals surface area contributed by atoms with Crippen LogP contribution in [0.2, 0.25) is 0 Å². The molecule has 2 nitrogen and oxygen atoms in total. The van der Waals surface area contributed by atoms with E-state index in [1.807, 2.05) is 36.4 Å². The summed E-state index contributed by atoms with van der Waals surface area (Å²) in [5, 5.41) is 3.33. The fourth-order valence-electron chi connectivity index (χ4n) is 4.32. The van der Waals surface area contributed by atoms with Crippen LogP contribution < -0.4 is 25.4 Å². The van der Waals surface area contributed by atoms with E-state index in [-0.39, 0.29) is 0 Å². The molecule has 0 aromatic heterocycles. The van der Waals surface area contributed by atoms with Crippen LogP contribution >= 0.6 is 17.2 Å². The number of hydrogen-bond acceptors (Lipinski definition) is 2. The van der Waals surface area contributed by atoms with Crippen LogP contribution in [-0.4, -0.2) is 14.2 Å². The Morgan fingerprint density at radius 2 is 0.903 bits per heavy atom. The van der Waals surface area contributed by atoms with Gasteiger partial charge in [0.1, 0.15) is 0 Å². The van der Waals surface area contributed by atoms with Crippen LogP contribution in [0.4, 0.5) is 0 Å². The van der Waals surface area contributed by atoms with Crippen molar-refractivity contribution in [2.45, 2.75) is 6.16 Å². The molecule has 0 N–H and O–H groups in total. The third-order valence-corrected chi connectivity index (χ3v) is 13.0. The van der Waals surface area contributed by atoms with Gasteiger partial charge in [0.2, 0.25) is 0 Å². The minimum atomic E-state index is -3.47. The molecule has 0 aliphatic heterocycles. The van der Waals surface area contributed by atoms with E-state index in [1.165, 1.54) is 0 Å². The third-order valence-electron chi connectivity index (χ3n) is 5.87. The average Bonchev–Trinajstić information content (AvgIpc) is 2.86. The van der Waals surface area contributed by atoms with E-state index in [1.54, 1.807) is 14.2 Å². The van der Waals surface area contributed by atoms with Gasteiger partial charge in [-0.3, -0.25) is 0 Å². The molecule has 0 bridgehead atoms. The Morgan fingerprint density at radius 3 is 1.23 bits per heavy atom. The number of hydrogen-bond donors (Lipinski definition) is 0. The Morgan fingerprint density at radius 1 is 0.548 bits per heavy atom. The summed E-state index contributed by atoms with van der Waals surface area (Å²) in [6.07, 6.45) is 0.568. The molecule has 0 radical (unpaired) electrons. The molecule has 0 spiro atoms. The summed E-state index contributed by atoms with van der Waals surface area (Å²) in [4.78, 5) is 0. The Balaban J connectivity index is 2.13. The van der Waals surface area contributed by atoms with Crippen molar-refractivity contribution in [3.63, 3.8) is 0 Å². The molecule has 4 rings (SSSR count). The van der Waals surface area contributed by atoms with Crippen LogP contribution in [0.15, 0.2) is 109 Å². The molecule has 31 heavy (non-hydrogen) atoms. The zero-order chi connectivity index (χ0) is 21.8. The number of benzene rings is 4. The van der Waals surface area contributed by atoms with Gasteiger partial charge >= 0.3 is 189 Å². The van der Waals surface area contributed by atoms with E-state index in [4.69, 9.17) is 20.7 Å². The molecule has 0 heterocycles. The molecular formula is C27H26ClO2P. The van der Waals surface area contributed by atoms with Crippen LogP contribution in [0, 0.1) is 0 Å². The molecule has 0 aliphatic rings. The Kier molecular flexibility index (Phi) is 6.05. The van der Waals surface area contributed by atoms with E-state index >= 15 is 0 Å². The van der Waals surface area contributed by atoms with Gasteiger partial charge in [-0.05, 0) is 0 Å². The summed E-state index contributed by atoms with van der Waals surface area (Å²) in [5.74, 6) is -1.92. The van der Waals surface area contributed by atoms with Gasteiger partial charge in [0.05, 0.1) is 0 Å². The first-order valence-corrected chi connectivity index (χ1v) is 13.5. The van der Waals surface area contributed by atoms with Crippen LogP contribution in [0.1, 0.15) is 5.56 Å². The van der Waals surface area contributed by atoms with Gasteiger partial charge < -0.3 is 0 Å². The molecule has 4 aromatic carbocycles. The third kappa shape index (κ3) is 3.61. The van der Waals surface area contributed by atoms with Gasteiger partial charge in [-0.1, -0.05) is 0 Å². The first-order chi connectivity index (χ1) is 15.1. The van der Waals surface area contributed by atoms with E-state index < -0.39 is 5.96 Å². The zero-order valence-electron chi connectivity index (χ0n) is 17.7. The minimum absolute atomic E-state index is 0.568. The van der Waals surface area contributed by atoms with Crippen LogP contribution in [0.3, 0.4) is 0 Å². The molecule has 0 unspecified atom stereocenters. The van der Waals surface area contributed by atoms with E-state index in [0.717, 1.165) is 33.0 Å². The van der Waals surface area contributed by atoms with Crippen molar-refractivity contribution in [3.8, 4) is 11.5 Å². The summed E-state index contributed by atoms with van der Waals surface area (Å²) >= 11 is 8.19. The molecule has 0 amide bonds. The van der Waals surface area contributed by atoms with E-state index in [0.29, 0.717) is 6.16 Å². The predicted molar refractivity (Wildman–Crippen MR) is 134 cm³/mol. The van der Waals surface area contributed by atoms with Crippen molar-refractivity contribution in [2.24, 2.45) is 0 Å². The van der Waals surface area contributed by atoms with E-state index in [2.05, 4.69) is 72.8 Å². The van der Waals surface area contributed by atoms with Crippen LogP contribution in [-0.2, 0) is 6.16 Å². The molecule has 0 atom stereocenters. The summed E-state index contributed by atoms with van der Waals surface area (Å²) in [7, 11) is 3.38. The molecule has 0 fully saturated rings. The molecule has 4 aromatic rings. The van der Waals surface area contributed by atoms with Gasteiger partial charge in [0.25, 0.3) is 0 Å². The second-order valence-corrected chi connectivity index (χ2v) is 14.0. The Bertz CT molecular complexity index is 1030. The second kappa shape index (κ2) is 8.75. The molecule has 4 heteroatoms. The van der Waals surface area contributed by atoms with Gasteiger partial charge in [-0.2, -0.15) is 0 Å². The predicted octanol–water partition coefficient (Wildman–Crippen LogP) is 5.89. The molecule has 0 aliphatic carbocycles. The maximum atomic E-state index is 8.19. The molecule has 0 saturated carbocycles. The van der Waals surface area contributed by atoms with Crippen molar-refractivity contribution in [1.29, 1.82) is 0 Å². The number of rotatable bonds is 7. The summed E-state index contributed by atoms with van der Waals surface area (Å²) in [6, 6.07) is 37.2. The second-order valence-electron chi connectivity index (χ2n) is 7.49. The first-order valence-electron chi connectivity index (χ1n) is 10.2. The monoisotopic (exact) mass is 448 g/mol. The first kappa shape index (κ1) is 21.4. The fraction of sp³-hybridized carbons (Fsp3) is 0.111. The fourth-order valence-corrected chi connectivity index (χ4v) is 10.4. The summed E-state index contributed by atoms with van der Waals surface area (Å²) in [6.45, 7) is 0. The molecule has 158 valence electrons. The number of halogens is 1. The Hall–Kier alpha value is -2.80. The Labute approximate surface area is 189 Å². The van der Waals surface area contributed by atoms with Crippen LogP contribution in [0.5, 0.6) is 11.5 Å². The van der Waals surface area contributed by atoms with Crippen molar-refractivity contribution in [2.75, 3.05) is 14.2 Å². The standard InChI is InChI=1S/C27H26ClO2P/c1-29-26-19-12-20-27(30-2)25(26)21-31(28,22-13-6-3-7-14-22,23-15-8-4-9-16-23)24-17-10-5-11-18-24/h3-20H,21H2,1-2H3. The van der Waals surface area contributed by atoms with Crippen molar-refractivity contribution in [1.82, 2.24) is 0 Å². The number of ether oxygens (including phenoxy) is 2. The zero-order valence-corrected chi connectivity index (χ0v) is 19.4. The van der Waals surface area contributed by atoms with Gasteiger partial charge in [-0.15, -0.1) is 0 Å². The maximum absolute atomic E-state index is 8.19. The van der Waals surface area contributed by atoms with Crippen LogP contribution in [0.25, 0.3) is 0 Å². The van der Waals surface area contributed by atoms with Gasteiger partial charge in [0, 0.05) is 0 Å². The SMILES string of the molecule is COc1cccc(OC)c1CP(Cl)(c1ccccc1)(c1ccccc1)c1ccccc1. The normalized spacial score (nSPS) is 12.5. The number of methoxy groups -OCH3 is 2. The quantitative estimate of drug-likeness (QED) is 0.328. The summed E-state index contributed by atoms with van der Waals surface area (Å²) < 4.78 is 11.5. The topological polar surface area (TPSA) is 18.5 Å². The van der Waals surface area contributed by atoms with Gasteiger partial charge in [-0.25, -0.2) is 0 Å².